The fraction of sp³-hybridized carbons (Fsp3) is 0. The lowest BCUT2D eigenvalue weighted by atomic mass is 10.2. The topological polar surface area (TPSA) is 71.2 Å². The van der Waals surface area contributed by atoms with E-state index in [1.54, 1.807) is 18.2 Å². The minimum atomic E-state index is -3.58. The van der Waals surface area contributed by atoms with Crippen LogP contribution in [-0.2, 0) is 10.0 Å². The fourth-order valence-corrected chi connectivity index (χ4v) is 2.83. The van der Waals surface area contributed by atoms with Gasteiger partial charge in [-0.15, -0.1) is 0 Å². The molecule has 2 aliphatic rings. The molecule has 3 rings (SSSR count). The highest BCUT2D eigenvalue weighted by Gasteiger charge is 2.22. The summed E-state index contributed by atoms with van der Waals surface area (Å²) < 4.78 is 26.9. The Labute approximate surface area is 85.2 Å². The predicted octanol–water partition coefficient (Wildman–Crippen LogP) is -0.793. The van der Waals surface area contributed by atoms with Gasteiger partial charge in [0, 0.05) is 11.8 Å². The van der Waals surface area contributed by atoms with E-state index >= 15 is 0 Å². The second kappa shape index (κ2) is 2.60. The monoisotopic (exact) mass is 219 g/mol. The lowest BCUT2D eigenvalue weighted by molar-refractivity contribution is 0.597. The molecule has 0 bridgehead atoms. The van der Waals surface area contributed by atoms with Crippen molar-refractivity contribution in [2.75, 3.05) is 0 Å². The smallest absolute Gasteiger partial charge is 0.199 e. The third kappa shape index (κ3) is 1.08. The zero-order chi connectivity index (χ0) is 10.5. The van der Waals surface area contributed by atoms with Crippen LogP contribution in [0, 0.1) is 0 Å². The van der Waals surface area contributed by atoms with Crippen molar-refractivity contribution in [2.45, 2.75) is 4.90 Å². The zero-order valence-corrected chi connectivity index (χ0v) is 8.27. The highest BCUT2D eigenvalue weighted by molar-refractivity contribution is 7.90. The summed E-state index contributed by atoms with van der Waals surface area (Å²) in [4.78, 5) is 0.201. The second-order valence-electron chi connectivity index (χ2n) is 3.16. The van der Waals surface area contributed by atoms with E-state index in [1.807, 2.05) is 0 Å². The van der Waals surface area contributed by atoms with Crippen LogP contribution in [0.5, 0.6) is 0 Å². The Kier molecular flexibility index (Phi) is 1.47. The van der Waals surface area contributed by atoms with Gasteiger partial charge in [0.05, 0.1) is 11.6 Å². The van der Waals surface area contributed by atoms with E-state index in [0.717, 1.165) is 0 Å². The van der Waals surface area contributed by atoms with Crippen LogP contribution in [0.3, 0.4) is 0 Å². The third-order valence-electron chi connectivity index (χ3n) is 2.27. The van der Waals surface area contributed by atoms with Gasteiger partial charge in [-0.1, -0.05) is 6.07 Å². The number of nitrogens with zero attached hydrogens (tertiary/aromatic N) is 3. The molecule has 2 aliphatic heterocycles. The molecule has 1 aromatic rings. The maximum Gasteiger partial charge on any atom is 0.283 e. The van der Waals surface area contributed by atoms with Crippen LogP contribution < -0.4 is 10.6 Å². The summed E-state index contributed by atoms with van der Waals surface area (Å²) in [6.45, 7) is 0. The molecule has 0 fully saturated rings. The zero-order valence-electron chi connectivity index (χ0n) is 7.45. The molecule has 2 heterocycles. The number of hydrogen-bond donors (Lipinski definition) is 0. The van der Waals surface area contributed by atoms with Crippen LogP contribution in [0.2, 0.25) is 0 Å². The molecular formula is C9H5N3O2S. The van der Waals surface area contributed by atoms with Crippen LogP contribution in [0.25, 0.3) is 6.08 Å². The molecule has 1 aromatic carbocycles. The van der Waals surface area contributed by atoms with E-state index in [0.29, 0.717) is 16.1 Å². The van der Waals surface area contributed by atoms with Crippen molar-refractivity contribution in [2.24, 2.45) is 14.6 Å². The van der Waals surface area contributed by atoms with Gasteiger partial charge in [0.25, 0.3) is 10.0 Å². The number of benzene rings is 1. The molecule has 15 heavy (non-hydrogen) atoms. The van der Waals surface area contributed by atoms with Crippen molar-refractivity contribution in [3.05, 3.63) is 28.3 Å². The summed E-state index contributed by atoms with van der Waals surface area (Å²) in [5, 5.41) is 8.71. The predicted molar refractivity (Wildman–Crippen MR) is 55.0 cm³/mol. The first kappa shape index (κ1) is 8.49. The maximum atomic E-state index is 11.7. The third-order valence-corrected chi connectivity index (χ3v) is 3.64. The molecule has 0 unspecified atom stereocenters. The summed E-state index contributed by atoms with van der Waals surface area (Å²) in [6, 6.07) is 3.45. The number of sulfonamides is 1. The van der Waals surface area contributed by atoms with Crippen LogP contribution in [0.4, 0.5) is 0 Å². The molecule has 5 nitrogen and oxygen atoms in total. The van der Waals surface area contributed by atoms with E-state index < -0.39 is 10.0 Å². The Bertz CT molecular complexity index is 729. The Morgan fingerprint density at radius 2 is 2.07 bits per heavy atom. The van der Waals surface area contributed by atoms with Crippen molar-refractivity contribution in [3.63, 3.8) is 0 Å². The second-order valence-corrected chi connectivity index (χ2v) is 4.73. The van der Waals surface area contributed by atoms with Gasteiger partial charge in [0.15, 0.2) is 0 Å². The molecule has 0 amide bonds. The van der Waals surface area contributed by atoms with Gasteiger partial charge in [-0.3, -0.25) is 0 Å². The molecule has 0 saturated heterocycles. The average molecular weight is 219 g/mol. The summed E-state index contributed by atoms with van der Waals surface area (Å²) in [6.07, 6.45) is 4.39. The van der Waals surface area contributed by atoms with E-state index in [9.17, 15) is 8.42 Å². The Hall–Kier alpha value is -1.82. The highest BCUT2D eigenvalue weighted by Crippen LogP contribution is 2.12. The molecule has 0 aliphatic carbocycles. The number of hydrogen-bond acceptors (Lipinski definition) is 4. The molecule has 0 aromatic heterocycles. The number of rotatable bonds is 0. The number of fused-ring (bicyclic) bond motifs is 3. The SMILES string of the molecule is O=S1(=O)N=CC=c2ccc3c(c21)C=NN=3. The summed E-state index contributed by atoms with van der Waals surface area (Å²) in [5.41, 5.74) is 0.528. The van der Waals surface area contributed by atoms with Gasteiger partial charge in [-0.25, -0.2) is 0 Å². The van der Waals surface area contributed by atoms with Gasteiger partial charge in [0.2, 0.25) is 0 Å². The lowest BCUT2D eigenvalue weighted by Gasteiger charge is -2.05. The van der Waals surface area contributed by atoms with Crippen LogP contribution in [0.1, 0.15) is 5.56 Å². The molecule has 6 heteroatoms. The minimum Gasteiger partial charge on any atom is -0.199 e. The van der Waals surface area contributed by atoms with E-state index in [1.165, 1.54) is 12.4 Å². The van der Waals surface area contributed by atoms with Gasteiger partial charge < -0.3 is 0 Å². The minimum absolute atomic E-state index is 0.201. The van der Waals surface area contributed by atoms with Gasteiger partial charge in [-0.2, -0.15) is 23.0 Å². The van der Waals surface area contributed by atoms with Crippen molar-refractivity contribution < 1.29 is 8.42 Å². The molecular weight excluding hydrogens is 214 g/mol. The van der Waals surface area contributed by atoms with E-state index in [-0.39, 0.29) is 4.90 Å². The normalized spacial score (nSPS) is 18.9. The quantitative estimate of drug-likeness (QED) is 0.573. The largest absolute Gasteiger partial charge is 0.283 e. The first-order valence-corrected chi connectivity index (χ1v) is 5.67. The van der Waals surface area contributed by atoms with Gasteiger partial charge in [0.1, 0.15) is 4.90 Å². The lowest BCUT2D eigenvalue weighted by Crippen LogP contribution is -2.24. The Morgan fingerprint density at radius 3 is 2.93 bits per heavy atom. The van der Waals surface area contributed by atoms with Gasteiger partial charge in [-0.05, 0) is 17.4 Å². The van der Waals surface area contributed by atoms with Crippen molar-refractivity contribution in [1.82, 2.24) is 0 Å². The Morgan fingerprint density at radius 1 is 1.20 bits per heavy atom. The van der Waals surface area contributed by atoms with Gasteiger partial charge >= 0.3 is 0 Å². The molecule has 0 saturated carbocycles. The molecule has 0 atom stereocenters. The van der Waals surface area contributed by atoms with E-state index in [4.69, 9.17) is 0 Å². The van der Waals surface area contributed by atoms with Crippen molar-refractivity contribution in [1.29, 1.82) is 0 Å². The first-order chi connectivity index (χ1) is 7.18. The summed E-state index contributed by atoms with van der Waals surface area (Å²) in [5.74, 6) is 0. The summed E-state index contributed by atoms with van der Waals surface area (Å²) in [7, 11) is -3.58. The highest BCUT2D eigenvalue weighted by atomic mass is 32.2. The molecule has 0 radical (unpaired) electrons. The first-order valence-electron chi connectivity index (χ1n) is 4.23. The molecule has 0 N–H and O–H groups in total. The standard InChI is InChI=1S/C9H5N3O2S/c13-15(14)9-6(3-4-11-15)1-2-8-7(9)5-10-12-8/h1-5H. The molecule has 0 spiro atoms. The van der Waals surface area contributed by atoms with Crippen LogP contribution in [0.15, 0.2) is 31.6 Å². The summed E-state index contributed by atoms with van der Waals surface area (Å²) >= 11 is 0. The fourth-order valence-electron chi connectivity index (χ4n) is 1.63. The van der Waals surface area contributed by atoms with Crippen molar-refractivity contribution >= 4 is 28.5 Å². The molecule has 74 valence electrons. The average Bonchev–Trinajstić information content (AvgIpc) is 2.63. The van der Waals surface area contributed by atoms with Crippen LogP contribution >= 0.6 is 0 Å². The van der Waals surface area contributed by atoms with Crippen LogP contribution in [-0.4, -0.2) is 20.8 Å². The van der Waals surface area contributed by atoms with Crippen molar-refractivity contribution in [3.8, 4) is 0 Å². The van der Waals surface area contributed by atoms with E-state index in [2.05, 4.69) is 14.6 Å². The maximum absolute atomic E-state index is 11.7. The Balaban J connectivity index is 2.60.